The number of nitrogens with zero attached hydrogens (tertiary/aromatic N) is 1. The molecule has 0 amide bonds. The molecule has 0 atom stereocenters. The molecule has 2 rings (SSSR count). The third-order valence-corrected chi connectivity index (χ3v) is 5.42. The van der Waals surface area contributed by atoms with Gasteiger partial charge in [0, 0.05) is 0 Å². The van der Waals surface area contributed by atoms with E-state index < -0.39 is 10.0 Å². The van der Waals surface area contributed by atoms with Gasteiger partial charge in [-0.15, -0.1) is 0 Å². The van der Waals surface area contributed by atoms with Crippen LogP contribution in [-0.4, -0.2) is 20.5 Å². The number of methoxy groups -OCH3 is 1. The Hall–Kier alpha value is -1.64. The van der Waals surface area contributed by atoms with Crippen molar-refractivity contribution in [2.75, 3.05) is 7.11 Å². The van der Waals surface area contributed by atoms with Crippen LogP contribution in [0, 0.1) is 6.92 Å². The number of thiazole rings is 1. The predicted octanol–water partition coefficient (Wildman–Crippen LogP) is 2.46. The average molecular weight is 328 g/mol. The number of hydrogen-bond donors (Lipinski definition) is 1. The molecule has 2 N–H and O–H groups in total. The second-order valence-electron chi connectivity index (χ2n) is 4.34. The quantitative estimate of drug-likeness (QED) is 0.910. The van der Waals surface area contributed by atoms with Gasteiger partial charge >= 0.3 is 0 Å². The summed E-state index contributed by atoms with van der Waals surface area (Å²) >= 11 is 0.889. The normalized spacial score (nSPS) is 11.4. The summed E-state index contributed by atoms with van der Waals surface area (Å²) in [6.07, 6.45) is 0.878. The largest absolute Gasteiger partial charge is 0.493 e. The molecule has 1 aromatic carbocycles. The third kappa shape index (κ3) is 3.52. The number of ether oxygens (including phenoxy) is 2. The van der Waals surface area contributed by atoms with Crippen molar-refractivity contribution in [2.24, 2.45) is 5.14 Å². The van der Waals surface area contributed by atoms with Crippen molar-refractivity contribution in [3.63, 3.8) is 0 Å². The number of sulfonamides is 1. The maximum absolute atomic E-state index is 11.4. The summed E-state index contributed by atoms with van der Waals surface area (Å²) in [7, 11) is -2.24. The van der Waals surface area contributed by atoms with E-state index in [1.807, 2.05) is 19.1 Å². The van der Waals surface area contributed by atoms with E-state index in [2.05, 4.69) is 4.98 Å². The first kappa shape index (κ1) is 15.7. The van der Waals surface area contributed by atoms with Gasteiger partial charge in [0.15, 0.2) is 15.7 Å². The highest BCUT2D eigenvalue weighted by atomic mass is 32.2. The topological polar surface area (TPSA) is 91.5 Å². The Morgan fingerprint density at radius 3 is 2.57 bits per heavy atom. The number of nitrogens with two attached hydrogens (primary N) is 1. The van der Waals surface area contributed by atoms with Gasteiger partial charge in [0.25, 0.3) is 5.19 Å². The predicted molar refractivity (Wildman–Crippen MR) is 80.7 cm³/mol. The van der Waals surface area contributed by atoms with Crippen LogP contribution in [0.1, 0.15) is 18.2 Å². The van der Waals surface area contributed by atoms with Crippen LogP contribution in [0.25, 0.3) is 0 Å². The van der Waals surface area contributed by atoms with Crippen molar-refractivity contribution < 1.29 is 17.9 Å². The zero-order valence-corrected chi connectivity index (χ0v) is 13.5. The molecule has 0 aliphatic carbocycles. The molecule has 21 heavy (non-hydrogen) atoms. The molecule has 8 heteroatoms. The first-order chi connectivity index (χ1) is 9.85. The fourth-order valence-corrected chi connectivity index (χ4v) is 3.58. The van der Waals surface area contributed by atoms with Crippen LogP contribution >= 0.6 is 11.3 Å². The molecule has 0 fully saturated rings. The van der Waals surface area contributed by atoms with E-state index >= 15 is 0 Å². The third-order valence-electron chi connectivity index (χ3n) is 2.83. The molecule has 0 saturated carbocycles. The van der Waals surface area contributed by atoms with E-state index in [1.54, 1.807) is 20.1 Å². The van der Waals surface area contributed by atoms with Crippen molar-refractivity contribution in [3.8, 4) is 16.7 Å². The summed E-state index contributed by atoms with van der Waals surface area (Å²) < 4.78 is 33.7. The van der Waals surface area contributed by atoms with E-state index in [0.717, 1.165) is 23.3 Å². The summed E-state index contributed by atoms with van der Waals surface area (Å²) in [5.74, 6) is 1.05. The number of rotatable bonds is 5. The average Bonchev–Trinajstić information content (AvgIpc) is 2.80. The minimum Gasteiger partial charge on any atom is -0.493 e. The van der Waals surface area contributed by atoms with E-state index in [9.17, 15) is 8.42 Å². The van der Waals surface area contributed by atoms with Gasteiger partial charge in [-0.05, 0) is 31.0 Å². The minimum atomic E-state index is -3.79. The maximum atomic E-state index is 11.4. The number of hydrogen-bond acceptors (Lipinski definition) is 6. The molecular formula is C13H16N2O4S2. The molecule has 0 aliphatic rings. The van der Waals surface area contributed by atoms with E-state index in [0.29, 0.717) is 17.2 Å². The summed E-state index contributed by atoms with van der Waals surface area (Å²) in [6, 6.07) is 5.56. The van der Waals surface area contributed by atoms with Gasteiger partial charge in [0.2, 0.25) is 10.0 Å². The van der Waals surface area contributed by atoms with Crippen molar-refractivity contribution in [3.05, 3.63) is 29.5 Å². The van der Waals surface area contributed by atoms with Crippen molar-refractivity contribution in [1.82, 2.24) is 4.98 Å². The Morgan fingerprint density at radius 1 is 1.33 bits per heavy atom. The zero-order chi connectivity index (χ0) is 15.6. The van der Waals surface area contributed by atoms with Crippen molar-refractivity contribution in [1.29, 1.82) is 0 Å². The van der Waals surface area contributed by atoms with Crippen LogP contribution in [-0.2, 0) is 16.4 Å². The van der Waals surface area contributed by atoms with Crippen LogP contribution in [0.5, 0.6) is 16.7 Å². The molecular weight excluding hydrogens is 312 g/mol. The lowest BCUT2D eigenvalue weighted by atomic mass is 10.1. The van der Waals surface area contributed by atoms with Gasteiger partial charge < -0.3 is 9.47 Å². The SMILES string of the molecule is CCc1ccc(Oc2nc(C)c(S(N)(=O)=O)s2)c(OC)c1. The molecule has 114 valence electrons. The monoisotopic (exact) mass is 328 g/mol. The van der Waals surface area contributed by atoms with Gasteiger partial charge in [-0.1, -0.05) is 24.3 Å². The van der Waals surface area contributed by atoms with Gasteiger partial charge in [-0.3, -0.25) is 0 Å². The highest BCUT2D eigenvalue weighted by Crippen LogP contribution is 2.36. The molecule has 0 saturated heterocycles. The van der Waals surface area contributed by atoms with Crippen LogP contribution < -0.4 is 14.6 Å². The molecule has 0 radical (unpaired) electrons. The zero-order valence-electron chi connectivity index (χ0n) is 11.9. The van der Waals surface area contributed by atoms with E-state index in [4.69, 9.17) is 14.6 Å². The smallest absolute Gasteiger partial charge is 0.280 e. The van der Waals surface area contributed by atoms with Crippen LogP contribution in [0.2, 0.25) is 0 Å². The first-order valence-corrected chi connectivity index (χ1v) is 8.56. The highest BCUT2D eigenvalue weighted by Gasteiger charge is 2.19. The Morgan fingerprint density at radius 2 is 2.05 bits per heavy atom. The molecule has 0 bridgehead atoms. The first-order valence-electron chi connectivity index (χ1n) is 6.20. The highest BCUT2D eigenvalue weighted by molar-refractivity contribution is 7.91. The molecule has 0 spiro atoms. The lowest BCUT2D eigenvalue weighted by Crippen LogP contribution is -2.11. The number of primary sulfonamides is 1. The summed E-state index contributed by atoms with van der Waals surface area (Å²) in [4.78, 5) is 4.07. The summed E-state index contributed by atoms with van der Waals surface area (Å²) in [5, 5.41) is 5.33. The fraction of sp³-hybridized carbons (Fsp3) is 0.308. The number of aromatic nitrogens is 1. The molecule has 1 heterocycles. The summed E-state index contributed by atoms with van der Waals surface area (Å²) in [6.45, 7) is 3.61. The molecule has 2 aromatic rings. The Kier molecular flexibility index (Phi) is 4.50. The van der Waals surface area contributed by atoms with Crippen LogP contribution in [0.4, 0.5) is 0 Å². The van der Waals surface area contributed by atoms with E-state index in [1.165, 1.54) is 0 Å². The Labute approximate surface area is 127 Å². The Balaban J connectivity index is 2.35. The second-order valence-corrected chi connectivity index (χ2v) is 7.06. The van der Waals surface area contributed by atoms with Crippen molar-refractivity contribution >= 4 is 21.4 Å². The van der Waals surface area contributed by atoms with E-state index in [-0.39, 0.29) is 9.40 Å². The maximum Gasteiger partial charge on any atom is 0.280 e. The van der Waals surface area contributed by atoms with Gasteiger partial charge in [-0.25, -0.2) is 18.5 Å². The van der Waals surface area contributed by atoms with Gasteiger partial charge in [-0.2, -0.15) is 0 Å². The van der Waals surface area contributed by atoms with Gasteiger partial charge in [0.05, 0.1) is 12.8 Å². The summed E-state index contributed by atoms with van der Waals surface area (Å²) in [5.41, 5.74) is 1.43. The molecule has 1 aromatic heterocycles. The number of aryl methyl sites for hydroxylation is 2. The molecule has 0 aliphatic heterocycles. The number of benzene rings is 1. The van der Waals surface area contributed by atoms with Crippen molar-refractivity contribution in [2.45, 2.75) is 24.5 Å². The van der Waals surface area contributed by atoms with Crippen LogP contribution in [0.15, 0.2) is 22.4 Å². The molecule has 0 unspecified atom stereocenters. The minimum absolute atomic E-state index is 0.00152. The standard InChI is InChI=1S/C13H16N2O4S2/c1-4-9-5-6-10(11(7-9)18-3)19-13-15-8(2)12(20-13)21(14,16)17/h5-7H,4H2,1-3H3,(H2,14,16,17). The van der Waals surface area contributed by atoms with Gasteiger partial charge in [0.1, 0.15) is 0 Å². The van der Waals surface area contributed by atoms with Crippen LogP contribution in [0.3, 0.4) is 0 Å². The lowest BCUT2D eigenvalue weighted by Gasteiger charge is -2.09. The lowest BCUT2D eigenvalue weighted by molar-refractivity contribution is 0.377. The fourth-order valence-electron chi connectivity index (χ4n) is 1.78. The second kappa shape index (κ2) is 6.00. The Bertz CT molecular complexity index is 754. The molecule has 6 nitrogen and oxygen atoms in total.